The molecular formula is C23H15Cl2NO4. The number of hydrogen-bond donors (Lipinski definition) is 2. The number of hydrogen-bond acceptors (Lipinski definition) is 4. The van der Waals surface area contributed by atoms with Gasteiger partial charge < -0.3 is 10.2 Å². The van der Waals surface area contributed by atoms with Crippen LogP contribution in [0.25, 0.3) is 5.76 Å². The molecular weight excluding hydrogens is 425 g/mol. The number of rotatable bonds is 3. The second-order valence-electron chi connectivity index (χ2n) is 6.73. The van der Waals surface area contributed by atoms with Gasteiger partial charge >= 0.3 is 0 Å². The van der Waals surface area contributed by atoms with E-state index in [9.17, 15) is 19.8 Å². The summed E-state index contributed by atoms with van der Waals surface area (Å²) in [5.74, 6) is -1.99. The molecule has 1 fully saturated rings. The Kier molecular flexibility index (Phi) is 5.24. The Balaban J connectivity index is 1.97. The van der Waals surface area contributed by atoms with Crippen molar-refractivity contribution in [2.24, 2.45) is 0 Å². The summed E-state index contributed by atoms with van der Waals surface area (Å²) in [6.07, 6.45) is 0. The van der Waals surface area contributed by atoms with Gasteiger partial charge in [-0.25, -0.2) is 0 Å². The van der Waals surface area contributed by atoms with E-state index in [1.54, 1.807) is 48.5 Å². The van der Waals surface area contributed by atoms with Gasteiger partial charge in [-0.05, 0) is 35.9 Å². The summed E-state index contributed by atoms with van der Waals surface area (Å²) in [6, 6.07) is 18.3. The molecule has 1 saturated heterocycles. The minimum atomic E-state index is -0.963. The molecule has 1 amide bonds. The lowest BCUT2D eigenvalue weighted by Crippen LogP contribution is -2.29. The monoisotopic (exact) mass is 439 g/mol. The number of ketones is 1. The topological polar surface area (TPSA) is 77.8 Å². The Bertz CT molecular complexity index is 1190. The molecule has 150 valence electrons. The quantitative estimate of drug-likeness (QED) is 0.328. The van der Waals surface area contributed by atoms with Crippen LogP contribution in [0.3, 0.4) is 0 Å². The van der Waals surface area contributed by atoms with Crippen molar-refractivity contribution in [1.82, 2.24) is 0 Å². The van der Waals surface area contributed by atoms with Gasteiger partial charge in [-0.3, -0.25) is 14.5 Å². The Morgan fingerprint density at radius 3 is 2.27 bits per heavy atom. The first-order valence-electron chi connectivity index (χ1n) is 8.99. The first-order valence-corrected chi connectivity index (χ1v) is 9.74. The number of carbonyl (C=O) groups is 2. The zero-order chi connectivity index (χ0) is 21.4. The van der Waals surface area contributed by atoms with Crippen LogP contribution >= 0.6 is 23.2 Å². The van der Waals surface area contributed by atoms with Crippen molar-refractivity contribution in [3.05, 3.63) is 99.5 Å². The molecule has 1 aliphatic heterocycles. The molecule has 7 heteroatoms. The average Bonchev–Trinajstić information content (AvgIpc) is 3.01. The molecule has 0 bridgehead atoms. The zero-order valence-electron chi connectivity index (χ0n) is 15.4. The Morgan fingerprint density at radius 2 is 1.60 bits per heavy atom. The summed E-state index contributed by atoms with van der Waals surface area (Å²) in [6.45, 7) is 0. The van der Waals surface area contributed by atoms with E-state index in [0.29, 0.717) is 21.8 Å². The molecule has 4 rings (SSSR count). The van der Waals surface area contributed by atoms with Crippen LogP contribution < -0.4 is 4.90 Å². The fraction of sp³-hybridized carbons (Fsp3) is 0.0435. The van der Waals surface area contributed by atoms with Gasteiger partial charge in [-0.1, -0.05) is 65.7 Å². The Labute approximate surface area is 182 Å². The third-order valence-corrected chi connectivity index (χ3v) is 5.60. The molecule has 2 N–H and O–H groups in total. The van der Waals surface area contributed by atoms with Gasteiger partial charge in [0.05, 0.1) is 21.7 Å². The highest BCUT2D eigenvalue weighted by molar-refractivity contribution is 6.52. The van der Waals surface area contributed by atoms with E-state index in [4.69, 9.17) is 23.2 Å². The number of aromatic hydroxyl groups is 1. The average molecular weight is 440 g/mol. The van der Waals surface area contributed by atoms with Crippen molar-refractivity contribution in [3.63, 3.8) is 0 Å². The molecule has 0 radical (unpaired) electrons. The smallest absolute Gasteiger partial charge is 0.300 e. The Hall–Kier alpha value is -3.28. The summed E-state index contributed by atoms with van der Waals surface area (Å²) in [7, 11) is 0. The molecule has 30 heavy (non-hydrogen) atoms. The van der Waals surface area contributed by atoms with Gasteiger partial charge in [0.15, 0.2) is 0 Å². The number of amides is 1. The largest absolute Gasteiger partial charge is 0.508 e. The molecule has 3 aromatic rings. The van der Waals surface area contributed by atoms with E-state index in [1.165, 1.54) is 29.2 Å². The van der Waals surface area contributed by atoms with E-state index in [0.717, 1.165) is 0 Å². The van der Waals surface area contributed by atoms with Crippen molar-refractivity contribution in [2.75, 3.05) is 4.90 Å². The third-order valence-electron chi connectivity index (χ3n) is 4.86. The lowest BCUT2D eigenvalue weighted by molar-refractivity contribution is -0.132. The van der Waals surface area contributed by atoms with Crippen LogP contribution in [-0.2, 0) is 9.59 Å². The summed E-state index contributed by atoms with van der Waals surface area (Å²) in [5.41, 5.74) is 1.11. The molecule has 1 heterocycles. The third kappa shape index (κ3) is 3.43. The maximum Gasteiger partial charge on any atom is 0.300 e. The molecule has 1 unspecified atom stereocenters. The first kappa shape index (κ1) is 20.0. The van der Waals surface area contributed by atoms with E-state index in [2.05, 4.69) is 0 Å². The molecule has 0 aromatic heterocycles. The maximum atomic E-state index is 13.0. The molecule has 0 saturated carbocycles. The van der Waals surface area contributed by atoms with E-state index >= 15 is 0 Å². The van der Waals surface area contributed by atoms with Crippen LogP contribution in [0.15, 0.2) is 78.4 Å². The summed E-state index contributed by atoms with van der Waals surface area (Å²) >= 11 is 12.1. The highest BCUT2D eigenvalue weighted by atomic mass is 35.5. The van der Waals surface area contributed by atoms with E-state index in [-0.39, 0.29) is 22.1 Å². The van der Waals surface area contributed by atoms with Gasteiger partial charge in [0, 0.05) is 11.3 Å². The Morgan fingerprint density at radius 1 is 0.867 bits per heavy atom. The van der Waals surface area contributed by atoms with Gasteiger partial charge in [0.2, 0.25) is 0 Å². The minimum Gasteiger partial charge on any atom is -0.508 e. The molecule has 0 aliphatic carbocycles. The number of carbonyl (C=O) groups excluding carboxylic acids is 2. The molecule has 3 aromatic carbocycles. The number of aliphatic hydroxyl groups is 1. The summed E-state index contributed by atoms with van der Waals surface area (Å²) < 4.78 is 0. The van der Waals surface area contributed by atoms with Crippen LogP contribution in [0, 0.1) is 0 Å². The van der Waals surface area contributed by atoms with Crippen molar-refractivity contribution < 1.29 is 19.8 Å². The summed E-state index contributed by atoms with van der Waals surface area (Å²) in [4.78, 5) is 27.2. The lowest BCUT2D eigenvalue weighted by atomic mass is 9.95. The standard InChI is InChI=1S/C23H15Cl2NO4/c24-17-10-9-15(12-18(17)25)26-20(14-7-4-8-16(27)11-14)19(22(29)23(26)30)21(28)13-5-2-1-3-6-13/h1-12,20,27-28H/b21-19+. The fourth-order valence-corrected chi connectivity index (χ4v) is 3.79. The number of aliphatic hydroxyl groups excluding tert-OH is 1. The number of phenolic OH excluding ortho intramolecular Hbond substituents is 1. The van der Waals surface area contributed by atoms with Crippen LogP contribution in [0.4, 0.5) is 5.69 Å². The van der Waals surface area contributed by atoms with Crippen LogP contribution in [0.1, 0.15) is 17.2 Å². The number of phenols is 1. The number of Topliss-reactive ketones (excluding diaryl/α,β-unsaturated/α-hetero) is 1. The SMILES string of the molecule is O=C1C(=O)N(c2ccc(Cl)c(Cl)c2)C(c2cccc(O)c2)/C1=C(\O)c1ccccc1. The number of halogens is 2. The second-order valence-corrected chi connectivity index (χ2v) is 7.54. The number of anilines is 1. The van der Waals surface area contributed by atoms with Crippen molar-refractivity contribution in [2.45, 2.75) is 6.04 Å². The van der Waals surface area contributed by atoms with Crippen molar-refractivity contribution >= 4 is 46.3 Å². The predicted molar refractivity (Wildman–Crippen MR) is 116 cm³/mol. The van der Waals surface area contributed by atoms with E-state index < -0.39 is 17.7 Å². The minimum absolute atomic E-state index is 0.0352. The predicted octanol–water partition coefficient (Wildman–Crippen LogP) is 5.33. The van der Waals surface area contributed by atoms with Gasteiger partial charge in [0.1, 0.15) is 11.5 Å². The van der Waals surface area contributed by atoms with Crippen molar-refractivity contribution in [3.8, 4) is 5.75 Å². The van der Waals surface area contributed by atoms with Gasteiger partial charge in [0.25, 0.3) is 11.7 Å². The second kappa shape index (κ2) is 7.86. The molecule has 1 aliphatic rings. The van der Waals surface area contributed by atoms with Gasteiger partial charge in [-0.2, -0.15) is 0 Å². The normalized spacial score (nSPS) is 18.1. The van der Waals surface area contributed by atoms with Crippen molar-refractivity contribution in [1.29, 1.82) is 0 Å². The first-order chi connectivity index (χ1) is 14.4. The van der Waals surface area contributed by atoms with Crippen LogP contribution in [0.2, 0.25) is 10.0 Å². The zero-order valence-corrected chi connectivity index (χ0v) is 16.9. The highest BCUT2D eigenvalue weighted by Crippen LogP contribution is 2.43. The molecule has 1 atom stereocenters. The number of nitrogens with zero attached hydrogens (tertiary/aromatic N) is 1. The number of benzene rings is 3. The maximum absolute atomic E-state index is 13.0. The molecule has 5 nitrogen and oxygen atoms in total. The lowest BCUT2D eigenvalue weighted by Gasteiger charge is -2.25. The fourth-order valence-electron chi connectivity index (χ4n) is 3.50. The van der Waals surface area contributed by atoms with E-state index in [1.807, 2.05) is 0 Å². The van der Waals surface area contributed by atoms with Crippen LogP contribution in [-0.4, -0.2) is 21.9 Å². The summed E-state index contributed by atoms with van der Waals surface area (Å²) in [5, 5.41) is 21.4. The van der Waals surface area contributed by atoms with Gasteiger partial charge in [-0.15, -0.1) is 0 Å². The van der Waals surface area contributed by atoms with Crippen LogP contribution in [0.5, 0.6) is 5.75 Å². The molecule has 0 spiro atoms. The highest BCUT2D eigenvalue weighted by Gasteiger charge is 2.47.